The molecule has 2 heterocycles. The Labute approximate surface area is 164 Å². The normalized spacial score (nSPS) is 14.0. The van der Waals surface area contributed by atoms with Crippen LogP contribution in [0.1, 0.15) is 17.1 Å². The van der Waals surface area contributed by atoms with Crippen molar-refractivity contribution in [3.05, 3.63) is 71.7 Å². The number of hydrogen-bond acceptors (Lipinski definition) is 6. The first-order valence-electron chi connectivity index (χ1n) is 9.34. The van der Waals surface area contributed by atoms with Crippen LogP contribution >= 0.6 is 0 Å². The number of para-hydroxylation sites is 1. The van der Waals surface area contributed by atoms with Crippen LogP contribution in [0.2, 0.25) is 0 Å². The molecular weight excluding hydrogens is 352 g/mol. The summed E-state index contributed by atoms with van der Waals surface area (Å²) in [6.07, 6.45) is 0.544. The summed E-state index contributed by atoms with van der Waals surface area (Å²) < 4.78 is 11.2. The number of methoxy groups -OCH3 is 1. The van der Waals surface area contributed by atoms with Gasteiger partial charge in [0.2, 0.25) is 17.5 Å². The summed E-state index contributed by atoms with van der Waals surface area (Å²) >= 11 is 0. The van der Waals surface area contributed by atoms with Crippen LogP contribution in [0.25, 0.3) is 0 Å². The van der Waals surface area contributed by atoms with E-state index in [1.807, 2.05) is 30.3 Å². The monoisotopic (exact) mass is 374 g/mol. The van der Waals surface area contributed by atoms with E-state index in [0.717, 1.165) is 37.5 Å². The number of nitrogens with zero attached hydrogens (tertiary/aromatic N) is 4. The van der Waals surface area contributed by atoms with Gasteiger partial charge in [0.05, 0.1) is 7.11 Å². The molecular formula is C22H22N4O2. The smallest absolute Gasteiger partial charge is 0.234 e. The van der Waals surface area contributed by atoms with Gasteiger partial charge in [0, 0.05) is 38.3 Å². The van der Waals surface area contributed by atoms with Gasteiger partial charge in [-0.05, 0) is 29.8 Å². The minimum absolute atomic E-state index is 0.358. The zero-order valence-electron chi connectivity index (χ0n) is 15.8. The highest BCUT2D eigenvalue weighted by molar-refractivity contribution is 5.52. The molecule has 142 valence electrons. The second kappa shape index (κ2) is 8.05. The van der Waals surface area contributed by atoms with E-state index < -0.39 is 0 Å². The number of rotatable bonds is 5. The molecule has 1 aliphatic rings. The summed E-state index contributed by atoms with van der Waals surface area (Å²) in [6.45, 7) is 3.34. The molecule has 6 nitrogen and oxygen atoms in total. The first-order valence-corrected chi connectivity index (χ1v) is 9.34. The van der Waals surface area contributed by atoms with E-state index in [2.05, 4.69) is 45.1 Å². The zero-order chi connectivity index (χ0) is 19.3. The molecule has 2 aromatic carbocycles. The van der Waals surface area contributed by atoms with Crippen molar-refractivity contribution in [2.75, 3.05) is 43.1 Å². The Balaban J connectivity index is 1.45. The van der Waals surface area contributed by atoms with Crippen LogP contribution in [-0.4, -0.2) is 38.3 Å². The van der Waals surface area contributed by atoms with E-state index in [1.165, 1.54) is 5.69 Å². The second-order valence-corrected chi connectivity index (χ2v) is 6.71. The quantitative estimate of drug-likeness (QED) is 0.681. The summed E-state index contributed by atoms with van der Waals surface area (Å²) in [4.78, 5) is 8.86. The Morgan fingerprint density at radius 2 is 1.68 bits per heavy atom. The molecule has 1 saturated heterocycles. The maximum absolute atomic E-state index is 9.50. The van der Waals surface area contributed by atoms with Crippen molar-refractivity contribution >= 4 is 11.6 Å². The van der Waals surface area contributed by atoms with Crippen LogP contribution in [-0.2, 0) is 6.42 Å². The Morgan fingerprint density at radius 3 is 2.32 bits per heavy atom. The molecule has 3 aromatic rings. The fourth-order valence-corrected chi connectivity index (χ4v) is 3.44. The largest absolute Gasteiger partial charge is 0.497 e. The highest BCUT2D eigenvalue weighted by Gasteiger charge is 2.24. The number of nitriles is 1. The number of piperazine rings is 1. The zero-order valence-corrected chi connectivity index (χ0v) is 15.8. The number of anilines is 2. The van der Waals surface area contributed by atoms with Crippen molar-refractivity contribution < 1.29 is 9.15 Å². The van der Waals surface area contributed by atoms with Gasteiger partial charge in [0.1, 0.15) is 11.8 Å². The van der Waals surface area contributed by atoms with Crippen LogP contribution in [0, 0.1) is 11.3 Å². The molecule has 28 heavy (non-hydrogen) atoms. The van der Waals surface area contributed by atoms with Crippen LogP contribution < -0.4 is 14.5 Å². The highest BCUT2D eigenvalue weighted by atomic mass is 16.5. The van der Waals surface area contributed by atoms with Crippen LogP contribution in [0.3, 0.4) is 0 Å². The van der Waals surface area contributed by atoms with Gasteiger partial charge in [-0.25, -0.2) is 4.98 Å². The van der Waals surface area contributed by atoms with E-state index in [1.54, 1.807) is 7.11 Å². The van der Waals surface area contributed by atoms with Crippen molar-refractivity contribution in [1.29, 1.82) is 5.26 Å². The van der Waals surface area contributed by atoms with E-state index in [-0.39, 0.29) is 0 Å². The van der Waals surface area contributed by atoms with Gasteiger partial charge in [-0.15, -0.1) is 0 Å². The van der Waals surface area contributed by atoms with Gasteiger partial charge in [0.25, 0.3) is 0 Å². The molecule has 1 fully saturated rings. The predicted molar refractivity (Wildman–Crippen MR) is 108 cm³/mol. The molecule has 0 bridgehead atoms. The lowest BCUT2D eigenvalue weighted by atomic mass is 10.1. The van der Waals surface area contributed by atoms with Crippen molar-refractivity contribution in [3.63, 3.8) is 0 Å². The van der Waals surface area contributed by atoms with Gasteiger partial charge in [-0.1, -0.05) is 30.3 Å². The summed E-state index contributed by atoms with van der Waals surface area (Å²) in [5, 5.41) is 9.50. The molecule has 0 aliphatic carbocycles. The first-order chi connectivity index (χ1) is 13.8. The summed E-state index contributed by atoms with van der Waals surface area (Å²) in [7, 11) is 1.64. The topological polar surface area (TPSA) is 65.5 Å². The average Bonchev–Trinajstić information content (AvgIpc) is 3.18. The van der Waals surface area contributed by atoms with E-state index in [4.69, 9.17) is 9.15 Å². The number of benzene rings is 2. The third kappa shape index (κ3) is 3.79. The van der Waals surface area contributed by atoms with Crippen molar-refractivity contribution in [2.24, 2.45) is 0 Å². The lowest BCUT2D eigenvalue weighted by Gasteiger charge is -2.35. The molecule has 0 atom stereocenters. The molecule has 4 rings (SSSR count). The van der Waals surface area contributed by atoms with Crippen LogP contribution in [0.5, 0.6) is 5.75 Å². The van der Waals surface area contributed by atoms with Gasteiger partial charge >= 0.3 is 0 Å². The number of hydrogen-bond donors (Lipinski definition) is 0. The third-order valence-corrected chi connectivity index (χ3v) is 4.96. The third-order valence-electron chi connectivity index (χ3n) is 4.96. The molecule has 0 radical (unpaired) electrons. The SMILES string of the molecule is COc1ccc(Cc2nc(C#N)c(N3CCN(c4ccccc4)CC3)o2)cc1. The Morgan fingerprint density at radius 1 is 1.00 bits per heavy atom. The molecule has 0 N–H and O–H groups in total. The van der Waals surface area contributed by atoms with Crippen LogP contribution in [0.15, 0.2) is 59.0 Å². The molecule has 1 aliphatic heterocycles. The summed E-state index contributed by atoms with van der Waals surface area (Å²) in [5.74, 6) is 1.95. The van der Waals surface area contributed by atoms with Gasteiger partial charge in [-0.2, -0.15) is 5.26 Å². The maximum Gasteiger partial charge on any atom is 0.234 e. The van der Waals surface area contributed by atoms with Crippen molar-refractivity contribution in [2.45, 2.75) is 6.42 Å². The highest BCUT2D eigenvalue weighted by Crippen LogP contribution is 2.26. The van der Waals surface area contributed by atoms with Gasteiger partial charge < -0.3 is 19.0 Å². The second-order valence-electron chi connectivity index (χ2n) is 6.71. The lowest BCUT2D eigenvalue weighted by Crippen LogP contribution is -2.46. The minimum Gasteiger partial charge on any atom is -0.497 e. The van der Waals surface area contributed by atoms with Crippen molar-refractivity contribution in [1.82, 2.24) is 4.98 Å². The molecule has 0 amide bonds. The lowest BCUT2D eigenvalue weighted by molar-refractivity contribution is 0.414. The van der Waals surface area contributed by atoms with Gasteiger partial charge in [-0.3, -0.25) is 0 Å². The van der Waals surface area contributed by atoms with Crippen molar-refractivity contribution in [3.8, 4) is 11.8 Å². The maximum atomic E-state index is 9.50. The van der Waals surface area contributed by atoms with E-state index >= 15 is 0 Å². The molecule has 1 aromatic heterocycles. The van der Waals surface area contributed by atoms with E-state index in [9.17, 15) is 5.26 Å². The molecule has 0 spiro atoms. The summed E-state index contributed by atoms with van der Waals surface area (Å²) in [6, 6.07) is 20.3. The van der Waals surface area contributed by atoms with E-state index in [0.29, 0.717) is 23.9 Å². The average molecular weight is 374 g/mol. The fourth-order valence-electron chi connectivity index (χ4n) is 3.44. The Bertz CT molecular complexity index is 952. The molecule has 6 heteroatoms. The number of aromatic nitrogens is 1. The number of ether oxygens (including phenoxy) is 1. The Hall–Kier alpha value is -3.46. The number of oxazole rings is 1. The molecule has 0 unspecified atom stereocenters. The van der Waals surface area contributed by atoms with Gasteiger partial charge in [0.15, 0.2) is 0 Å². The summed E-state index contributed by atoms with van der Waals surface area (Å²) in [5.41, 5.74) is 2.64. The fraction of sp³-hybridized carbons (Fsp3) is 0.273. The standard InChI is InChI=1S/C22H22N4O2/c1-27-19-9-7-17(8-10-19)15-21-24-20(16-23)22(28-21)26-13-11-25(12-14-26)18-5-3-2-4-6-18/h2-10H,11-15H2,1H3. The predicted octanol–water partition coefficient (Wildman–Crippen LogP) is 3.47. The van der Waals surface area contributed by atoms with Crippen LogP contribution in [0.4, 0.5) is 11.6 Å². The first kappa shape index (κ1) is 17.9. The Kier molecular flexibility index (Phi) is 5.16. The molecule has 0 saturated carbocycles. The minimum atomic E-state index is 0.358.